The van der Waals surface area contributed by atoms with E-state index in [1.54, 1.807) is 11.8 Å². The van der Waals surface area contributed by atoms with Gasteiger partial charge in [0.15, 0.2) is 0 Å². The summed E-state index contributed by atoms with van der Waals surface area (Å²) >= 11 is 1.72. The van der Waals surface area contributed by atoms with E-state index in [1.807, 2.05) is 6.26 Å². The van der Waals surface area contributed by atoms with Gasteiger partial charge in [0.25, 0.3) is 0 Å². The van der Waals surface area contributed by atoms with Crippen LogP contribution in [0.3, 0.4) is 0 Å². The van der Waals surface area contributed by atoms with Crippen molar-refractivity contribution in [3.63, 3.8) is 0 Å². The van der Waals surface area contributed by atoms with Crippen molar-refractivity contribution in [2.45, 2.75) is 18.9 Å². The molecule has 1 saturated carbocycles. The van der Waals surface area contributed by atoms with Gasteiger partial charge >= 0.3 is 0 Å². The van der Waals surface area contributed by atoms with Crippen LogP contribution in [-0.2, 0) is 0 Å². The van der Waals surface area contributed by atoms with E-state index in [9.17, 15) is 0 Å². The molecule has 1 aliphatic carbocycles. The van der Waals surface area contributed by atoms with Crippen LogP contribution in [0, 0.1) is 0 Å². The molecule has 3 heteroatoms. The van der Waals surface area contributed by atoms with Crippen LogP contribution in [0.15, 0.2) is 4.99 Å². The first kappa shape index (κ1) is 6.93. The maximum absolute atomic E-state index is 5.55. The van der Waals surface area contributed by atoms with Gasteiger partial charge in [-0.1, -0.05) is 0 Å². The van der Waals surface area contributed by atoms with Gasteiger partial charge in [-0.15, -0.1) is 0 Å². The van der Waals surface area contributed by atoms with Crippen LogP contribution in [0.2, 0.25) is 0 Å². The third kappa shape index (κ3) is 2.75. The van der Waals surface area contributed by atoms with E-state index >= 15 is 0 Å². The van der Waals surface area contributed by atoms with Crippen molar-refractivity contribution in [3.8, 4) is 0 Å². The highest BCUT2D eigenvalue weighted by Gasteiger charge is 2.19. The highest BCUT2D eigenvalue weighted by Crippen LogP contribution is 2.23. The highest BCUT2D eigenvalue weighted by molar-refractivity contribution is 7.99. The Morgan fingerprint density at radius 3 is 2.89 bits per heavy atom. The molecule has 9 heavy (non-hydrogen) atoms. The predicted molar refractivity (Wildman–Crippen MR) is 43.0 cm³/mol. The summed E-state index contributed by atoms with van der Waals surface area (Å²) in [6.45, 7) is 0. The molecule has 0 aliphatic heterocycles. The molecule has 0 bridgehead atoms. The summed E-state index contributed by atoms with van der Waals surface area (Å²) in [7, 11) is 0. The van der Waals surface area contributed by atoms with Crippen LogP contribution in [0.1, 0.15) is 12.8 Å². The topological polar surface area (TPSA) is 38.4 Å². The average molecular weight is 144 g/mol. The smallest absolute Gasteiger partial charge is 0.104 e. The minimum Gasteiger partial charge on any atom is -0.387 e. The van der Waals surface area contributed by atoms with Crippen LogP contribution in [-0.4, -0.2) is 23.9 Å². The average Bonchev–Trinajstić information content (AvgIpc) is 2.50. The number of thioether (sulfide) groups is 1. The quantitative estimate of drug-likeness (QED) is 0.471. The molecule has 0 heterocycles. The molecule has 1 fully saturated rings. The van der Waals surface area contributed by atoms with Crippen LogP contribution in [0.25, 0.3) is 0 Å². The van der Waals surface area contributed by atoms with Gasteiger partial charge in [0, 0.05) is 0 Å². The van der Waals surface area contributed by atoms with Gasteiger partial charge in [0.05, 0.1) is 11.8 Å². The number of amidine groups is 1. The third-order valence-corrected chi connectivity index (χ3v) is 1.77. The van der Waals surface area contributed by atoms with Crippen LogP contribution < -0.4 is 5.73 Å². The lowest BCUT2D eigenvalue weighted by molar-refractivity contribution is 1.06. The molecule has 0 radical (unpaired) electrons. The fourth-order valence-electron chi connectivity index (χ4n) is 0.623. The Kier molecular flexibility index (Phi) is 2.39. The SMILES string of the molecule is CSCC(N)=NC1CC1. The predicted octanol–water partition coefficient (Wildman–Crippen LogP) is 0.869. The van der Waals surface area contributed by atoms with E-state index in [4.69, 9.17) is 5.73 Å². The molecule has 0 atom stereocenters. The number of hydrogen-bond acceptors (Lipinski definition) is 2. The lowest BCUT2D eigenvalue weighted by Gasteiger charge is -1.94. The van der Waals surface area contributed by atoms with Crippen molar-refractivity contribution < 1.29 is 0 Å². The summed E-state index contributed by atoms with van der Waals surface area (Å²) in [6, 6.07) is 0.581. The molecule has 1 rings (SSSR count). The molecule has 0 aromatic carbocycles. The van der Waals surface area contributed by atoms with Crippen molar-refractivity contribution in [3.05, 3.63) is 0 Å². The van der Waals surface area contributed by atoms with E-state index in [1.165, 1.54) is 12.8 Å². The van der Waals surface area contributed by atoms with Gasteiger partial charge in [0.2, 0.25) is 0 Å². The second-order valence-corrected chi connectivity index (χ2v) is 3.15. The normalized spacial score (nSPS) is 20.3. The fourth-order valence-corrected chi connectivity index (χ4v) is 0.994. The van der Waals surface area contributed by atoms with Crippen LogP contribution in [0.5, 0.6) is 0 Å². The Labute approximate surface area is 59.9 Å². The summed E-state index contributed by atoms with van der Waals surface area (Å²) in [5.74, 6) is 1.70. The second-order valence-electron chi connectivity index (χ2n) is 2.28. The summed E-state index contributed by atoms with van der Waals surface area (Å²) < 4.78 is 0. The van der Waals surface area contributed by atoms with Gasteiger partial charge in [-0.25, -0.2) is 0 Å². The molecular formula is C6H12N2S. The monoisotopic (exact) mass is 144 g/mol. The first-order valence-corrected chi connectivity index (χ1v) is 4.53. The summed E-state index contributed by atoms with van der Waals surface area (Å²) in [5, 5.41) is 0. The van der Waals surface area contributed by atoms with Crippen molar-refractivity contribution >= 4 is 17.6 Å². The molecular weight excluding hydrogens is 132 g/mol. The maximum atomic E-state index is 5.55. The summed E-state index contributed by atoms with van der Waals surface area (Å²) in [6.07, 6.45) is 4.53. The number of aliphatic imine (C=N–C) groups is 1. The first-order chi connectivity index (χ1) is 4.33. The Balaban J connectivity index is 2.20. The molecule has 0 aromatic heterocycles. The van der Waals surface area contributed by atoms with Crippen LogP contribution >= 0.6 is 11.8 Å². The van der Waals surface area contributed by atoms with E-state index in [-0.39, 0.29) is 0 Å². The van der Waals surface area contributed by atoms with Gasteiger partial charge in [-0.05, 0) is 19.1 Å². The van der Waals surface area contributed by atoms with Crippen LogP contribution in [0.4, 0.5) is 0 Å². The molecule has 52 valence electrons. The largest absolute Gasteiger partial charge is 0.387 e. The lowest BCUT2D eigenvalue weighted by atomic mass is 10.6. The Morgan fingerprint density at radius 2 is 2.44 bits per heavy atom. The second kappa shape index (κ2) is 3.11. The maximum Gasteiger partial charge on any atom is 0.104 e. The zero-order chi connectivity index (χ0) is 6.69. The molecule has 0 amide bonds. The molecule has 2 N–H and O–H groups in total. The third-order valence-electron chi connectivity index (χ3n) is 1.19. The van der Waals surface area contributed by atoms with Crippen molar-refractivity contribution in [2.75, 3.05) is 12.0 Å². The van der Waals surface area contributed by atoms with E-state index in [0.29, 0.717) is 6.04 Å². The first-order valence-electron chi connectivity index (χ1n) is 3.14. The zero-order valence-electron chi connectivity index (χ0n) is 5.63. The van der Waals surface area contributed by atoms with Gasteiger partial charge in [0.1, 0.15) is 5.84 Å². The molecule has 1 aliphatic rings. The number of hydrogen-bond donors (Lipinski definition) is 1. The summed E-state index contributed by atoms with van der Waals surface area (Å²) in [4.78, 5) is 4.25. The van der Waals surface area contributed by atoms with E-state index in [0.717, 1.165) is 11.6 Å². The molecule has 2 nitrogen and oxygen atoms in total. The van der Waals surface area contributed by atoms with Gasteiger partial charge in [-0.3, -0.25) is 4.99 Å². The van der Waals surface area contributed by atoms with Crippen molar-refractivity contribution in [1.29, 1.82) is 0 Å². The van der Waals surface area contributed by atoms with Crippen molar-refractivity contribution in [2.24, 2.45) is 10.7 Å². The number of rotatable bonds is 3. The van der Waals surface area contributed by atoms with Crippen molar-refractivity contribution in [1.82, 2.24) is 0 Å². The Morgan fingerprint density at radius 1 is 1.78 bits per heavy atom. The van der Waals surface area contributed by atoms with E-state index in [2.05, 4.69) is 4.99 Å². The minimum atomic E-state index is 0.581. The van der Waals surface area contributed by atoms with Gasteiger partial charge in [-0.2, -0.15) is 11.8 Å². The molecule has 0 unspecified atom stereocenters. The standard InChI is InChI=1S/C6H12N2S/c1-9-4-6(7)8-5-2-3-5/h5H,2-4H2,1H3,(H2,7,8). The lowest BCUT2D eigenvalue weighted by Crippen LogP contribution is -2.15. The van der Waals surface area contributed by atoms with E-state index < -0.39 is 0 Å². The highest BCUT2D eigenvalue weighted by atomic mass is 32.2. The number of nitrogens with zero attached hydrogens (tertiary/aromatic N) is 1. The molecule has 0 saturated heterocycles. The summed E-state index contributed by atoms with van der Waals surface area (Å²) in [5.41, 5.74) is 5.55. The molecule has 0 spiro atoms. The Bertz CT molecular complexity index is 118. The van der Waals surface area contributed by atoms with Gasteiger partial charge < -0.3 is 5.73 Å². The Hall–Kier alpha value is -0.180. The minimum absolute atomic E-state index is 0.581. The zero-order valence-corrected chi connectivity index (χ0v) is 6.45. The molecule has 0 aromatic rings. The number of nitrogens with two attached hydrogens (primary N) is 1. The fraction of sp³-hybridized carbons (Fsp3) is 0.833.